The Bertz CT molecular complexity index is 915. The van der Waals surface area contributed by atoms with Crippen LogP contribution < -0.4 is 15.3 Å². The number of hydrazine groups is 1. The van der Waals surface area contributed by atoms with Crippen molar-refractivity contribution in [3.8, 4) is 0 Å². The number of aryl methyl sites for hydroxylation is 2. The average molecular weight is 398 g/mol. The maximum Gasteiger partial charge on any atom is 0.290 e. The molecule has 28 heavy (non-hydrogen) atoms. The van der Waals surface area contributed by atoms with E-state index in [1.165, 1.54) is 9.89 Å². The molecule has 0 atom stereocenters. The zero-order valence-corrected chi connectivity index (χ0v) is 16.7. The first-order valence-electron chi connectivity index (χ1n) is 9.18. The number of aromatic nitrogens is 1. The normalized spacial score (nSPS) is 17.4. The molecule has 146 valence electrons. The molecule has 3 heterocycles. The Morgan fingerprint density at radius 2 is 1.82 bits per heavy atom. The number of thiazole rings is 1. The smallest absolute Gasteiger partial charge is 0.290 e. The van der Waals surface area contributed by atoms with Crippen LogP contribution in [0.1, 0.15) is 10.4 Å². The molecule has 1 fully saturated rings. The number of nitrogens with one attached hydrogen (secondary N) is 1. The Kier molecular flexibility index (Phi) is 4.99. The molecule has 2 aliphatic rings. The fraction of sp³-hybridized carbons (Fsp3) is 0.368. The number of carbonyl (C=O) groups excluding carboxylic acids is 2. The predicted molar refractivity (Wildman–Crippen MR) is 110 cm³/mol. The number of amidine groups is 1. The van der Waals surface area contributed by atoms with Gasteiger partial charge in [0.25, 0.3) is 11.8 Å². The van der Waals surface area contributed by atoms with Crippen LogP contribution in [0.5, 0.6) is 0 Å². The van der Waals surface area contributed by atoms with Gasteiger partial charge in [-0.25, -0.2) is 9.99 Å². The highest BCUT2D eigenvalue weighted by atomic mass is 32.1. The van der Waals surface area contributed by atoms with Gasteiger partial charge in [0.1, 0.15) is 6.54 Å². The fourth-order valence-corrected chi connectivity index (χ4v) is 3.99. The van der Waals surface area contributed by atoms with E-state index in [0.29, 0.717) is 18.8 Å². The lowest BCUT2D eigenvalue weighted by atomic mass is 10.2. The maximum atomic E-state index is 12.9. The SMILES string of the molecule is Cc1ccc(N2NC(C(=O)N3CCN(c4ncc(C)s4)CC3)=NCC2=O)cc1. The van der Waals surface area contributed by atoms with E-state index in [-0.39, 0.29) is 24.2 Å². The van der Waals surface area contributed by atoms with E-state index in [2.05, 4.69) is 20.3 Å². The zero-order chi connectivity index (χ0) is 19.7. The second-order valence-corrected chi connectivity index (χ2v) is 8.09. The summed E-state index contributed by atoms with van der Waals surface area (Å²) in [6.45, 7) is 6.62. The summed E-state index contributed by atoms with van der Waals surface area (Å²) >= 11 is 1.66. The van der Waals surface area contributed by atoms with Crippen molar-refractivity contribution in [1.29, 1.82) is 0 Å². The van der Waals surface area contributed by atoms with Crippen LogP contribution >= 0.6 is 11.3 Å². The number of hydrogen-bond donors (Lipinski definition) is 1. The van der Waals surface area contributed by atoms with Crippen molar-refractivity contribution in [2.24, 2.45) is 4.99 Å². The minimum Gasteiger partial charge on any atom is -0.345 e. The molecule has 0 saturated carbocycles. The highest BCUT2D eigenvalue weighted by Gasteiger charge is 2.30. The molecule has 8 nitrogen and oxygen atoms in total. The van der Waals surface area contributed by atoms with E-state index >= 15 is 0 Å². The molecule has 1 aromatic heterocycles. The van der Waals surface area contributed by atoms with E-state index < -0.39 is 0 Å². The van der Waals surface area contributed by atoms with Gasteiger partial charge in [-0.1, -0.05) is 17.7 Å². The third kappa shape index (κ3) is 3.70. The van der Waals surface area contributed by atoms with E-state index in [0.717, 1.165) is 23.8 Å². The summed E-state index contributed by atoms with van der Waals surface area (Å²) in [6, 6.07) is 7.55. The molecule has 1 saturated heterocycles. The number of anilines is 2. The number of piperazine rings is 1. The quantitative estimate of drug-likeness (QED) is 0.844. The van der Waals surface area contributed by atoms with E-state index in [1.807, 2.05) is 44.3 Å². The summed E-state index contributed by atoms with van der Waals surface area (Å²) in [6.07, 6.45) is 1.87. The topological polar surface area (TPSA) is 81.1 Å². The summed E-state index contributed by atoms with van der Waals surface area (Å²) in [7, 11) is 0. The van der Waals surface area contributed by atoms with Crippen molar-refractivity contribution in [1.82, 2.24) is 15.3 Å². The van der Waals surface area contributed by atoms with Gasteiger partial charge in [0, 0.05) is 37.3 Å². The van der Waals surface area contributed by atoms with Gasteiger partial charge in [-0.05, 0) is 26.0 Å². The highest BCUT2D eigenvalue weighted by molar-refractivity contribution is 7.15. The highest BCUT2D eigenvalue weighted by Crippen LogP contribution is 2.23. The fourth-order valence-electron chi connectivity index (χ4n) is 3.18. The molecular formula is C19H22N6O2S. The Balaban J connectivity index is 1.41. The summed E-state index contributed by atoms with van der Waals surface area (Å²) in [5.41, 5.74) is 4.70. The molecule has 2 amide bonds. The van der Waals surface area contributed by atoms with Crippen molar-refractivity contribution in [2.75, 3.05) is 42.6 Å². The molecule has 4 rings (SSSR count). The van der Waals surface area contributed by atoms with Gasteiger partial charge >= 0.3 is 0 Å². The van der Waals surface area contributed by atoms with E-state index in [1.54, 1.807) is 16.2 Å². The second kappa shape index (κ2) is 7.59. The maximum absolute atomic E-state index is 12.9. The standard InChI is InChI=1S/C19H22N6O2S/c1-13-3-5-15(6-4-13)25-16(26)12-20-17(22-25)18(27)23-7-9-24(10-8-23)19-21-11-14(2)28-19/h3-6,11H,7-10,12H2,1-2H3,(H,20,22). The molecule has 0 spiro atoms. The van der Waals surface area contributed by atoms with E-state index in [9.17, 15) is 9.59 Å². The second-order valence-electron chi connectivity index (χ2n) is 6.87. The summed E-state index contributed by atoms with van der Waals surface area (Å²) in [5, 5.41) is 2.39. The zero-order valence-electron chi connectivity index (χ0n) is 15.9. The molecule has 2 aromatic rings. The summed E-state index contributed by atoms with van der Waals surface area (Å²) in [5.74, 6) is -0.164. The summed E-state index contributed by atoms with van der Waals surface area (Å²) in [4.78, 5) is 38.9. The molecular weight excluding hydrogens is 376 g/mol. The lowest BCUT2D eigenvalue weighted by Crippen LogP contribution is -2.58. The third-order valence-corrected chi connectivity index (χ3v) is 5.75. The number of benzene rings is 1. The van der Waals surface area contributed by atoms with Crippen LogP contribution in [0.2, 0.25) is 0 Å². The van der Waals surface area contributed by atoms with Crippen LogP contribution in [0.15, 0.2) is 35.5 Å². The van der Waals surface area contributed by atoms with Crippen molar-refractivity contribution in [3.05, 3.63) is 40.9 Å². The molecule has 2 aliphatic heterocycles. The number of rotatable bonds is 3. The minimum atomic E-state index is -0.190. The summed E-state index contributed by atoms with van der Waals surface area (Å²) < 4.78 is 0. The van der Waals surface area contributed by atoms with Crippen LogP contribution in [0.25, 0.3) is 0 Å². The molecule has 1 N–H and O–H groups in total. The van der Waals surface area contributed by atoms with Crippen LogP contribution in [-0.2, 0) is 9.59 Å². The molecule has 1 aromatic carbocycles. The third-order valence-electron chi connectivity index (χ3n) is 4.78. The van der Waals surface area contributed by atoms with Gasteiger partial charge in [0.05, 0.1) is 5.69 Å². The number of nitrogens with zero attached hydrogens (tertiary/aromatic N) is 5. The molecule has 0 unspecified atom stereocenters. The Labute approximate surface area is 167 Å². The van der Waals surface area contributed by atoms with Gasteiger partial charge in [0.15, 0.2) is 5.13 Å². The van der Waals surface area contributed by atoms with Crippen LogP contribution in [0, 0.1) is 13.8 Å². The van der Waals surface area contributed by atoms with Crippen molar-refractivity contribution < 1.29 is 9.59 Å². The van der Waals surface area contributed by atoms with E-state index in [4.69, 9.17) is 0 Å². The molecule has 9 heteroatoms. The van der Waals surface area contributed by atoms with Crippen molar-refractivity contribution in [2.45, 2.75) is 13.8 Å². The van der Waals surface area contributed by atoms with Crippen molar-refractivity contribution in [3.63, 3.8) is 0 Å². The van der Waals surface area contributed by atoms with Gasteiger partial charge < -0.3 is 9.80 Å². The number of carbonyl (C=O) groups is 2. The lowest BCUT2D eigenvalue weighted by Gasteiger charge is -2.36. The molecule has 0 bridgehead atoms. The first-order valence-corrected chi connectivity index (χ1v) is 10.0. The van der Waals surface area contributed by atoms with Crippen LogP contribution in [-0.4, -0.2) is 60.3 Å². The largest absolute Gasteiger partial charge is 0.345 e. The van der Waals surface area contributed by atoms with Crippen LogP contribution in [0.3, 0.4) is 0 Å². The Morgan fingerprint density at radius 3 is 2.46 bits per heavy atom. The monoisotopic (exact) mass is 398 g/mol. The molecule has 0 aliphatic carbocycles. The average Bonchev–Trinajstić information content (AvgIpc) is 3.15. The minimum absolute atomic E-state index is 0.0414. The van der Waals surface area contributed by atoms with Gasteiger partial charge in [0.2, 0.25) is 5.84 Å². The molecule has 0 radical (unpaired) electrons. The van der Waals surface area contributed by atoms with Gasteiger partial charge in [-0.15, -0.1) is 11.3 Å². The van der Waals surface area contributed by atoms with Crippen molar-refractivity contribution >= 4 is 39.8 Å². The van der Waals surface area contributed by atoms with Gasteiger partial charge in [-0.3, -0.25) is 20.0 Å². The number of hydrogen-bond acceptors (Lipinski definition) is 7. The predicted octanol–water partition coefficient (Wildman–Crippen LogP) is 1.36. The Hall–Kier alpha value is -2.94. The lowest BCUT2D eigenvalue weighted by molar-refractivity contribution is -0.124. The first kappa shape index (κ1) is 18.4. The van der Waals surface area contributed by atoms with Gasteiger partial charge in [-0.2, -0.15) is 0 Å². The van der Waals surface area contributed by atoms with Crippen LogP contribution in [0.4, 0.5) is 10.8 Å². The first-order chi connectivity index (χ1) is 13.5. The Morgan fingerprint density at radius 1 is 1.11 bits per heavy atom. The number of amides is 2. The number of aliphatic imine (C=N–C) groups is 1.